The first-order chi connectivity index (χ1) is 14.6. The van der Waals surface area contributed by atoms with E-state index in [2.05, 4.69) is 4.72 Å². The summed E-state index contributed by atoms with van der Waals surface area (Å²) in [6.07, 6.45) is 2.49. The molecule has 1 N–H and O–H groups in total. The first-order valence-electron chi connectivity index (χ1n) is 9.54. The Hall–Kier alpha value is -2.71. The van der Waals surface area contributed by atoms with Crippen molar-refractivity contribution >= 4 is 44.6 Å². The second kappa shape index (κ2) is 9.20. The molecule has 0 unspecified atom stereocenters. The molecule has 2 atom stereocenters. The van der Waals surface area contributed by atoms with Gasteiger partial charge in [0.2, 0.25) is 10.0 Å². The Balaban J connectivity index is 2.07. The number of ketones is 1. The lowest BCUT2D eigenvalue weighted by Gasteiger charge is -2.30. The molecule has 0 radical (unpaired) electrons. The molecule has 0 saturated carbocycles. The normalized spacial score (nSPS) is 19.0. The Morgan fingerprint density at radius 1 is 1.26 bits per heavy atom. The minimum atomic E-state index is -3.49. The van der Waals surface area contributed by atoms with Crippen molar-refractivity contribution in [2.24, 2.45) is 5.92 Å². The van der Waals surface area contributed by atoms with Crippen LogP contribution < -0.4 is 4.72 Å². The van der Waals surface area contributed by atoms with Gasteiger partial charge in [0.25, 0.3) is 0 Å². The van der Waals surface area contributed by atoms with E-state index in [1.54, 1.807) is 31.2 Å². The molecular formula is C22H21ClFNO5S. The van der Waals surface area contributed by atoms with Crippen molar-refractivity contribution in [1.82, 2.24) is 0 Å². The molecule has 0 aliphatic heterocycles. The third-order valence-electron chi connectivity index (χ3n) is 4.91. The highest BCUT2D eigenvalue weighted by atomic mass is 35.5. The van der Waals surface area contributed by atoms with E-state index >= 15 is 0 Å². The summed E-state index contributed by atoms with van der Waals surface area (Å²) in [6, 6.07) is 10.7. The van der Waals surface area contributed by atoms with Gasteiger partial charge in [0.15, 0.2) is 5.78 Å². The monoisotopic (exact) mass is 465 g/mol. The number of carbonyl (C=O) groups is 2. The number of carbonyl (C=O) groups excluding carboxylic acids is 2. The molecule has 6 nitrogen and oxygen atoms in total. The molecule has 1 aliphatic rings. The van der Waals surface area contributed by atoms with Crippen LogP contribution in [0.15, 0.2) is 48.5 Å². The Labute approximate surface area is 185 Å². The molecule has 0 aromatic heterocycles. The van der Waals surface area contributed by atoms with Gasteiger partial charge in [0.1, 0.15) is 11.7 Å². The van der Waals surface area contributed by atoms with Crippen LogP contribution in [0.3, 0.4) is 0 Å². The maximum Gasteiger partial charge on any atom is 0.317 e. The van der Waals surface area contributed by atoms with Crippen LogP contribution in [-0.2, 0) is 24.3 Å². The number of nitrogens with one attached hydrogen (secondary N) is 1. The van der Waals surface area contributed by atoms with Crippen molar-refractivity contribution in [2.45, 2.75) is 19.3 Å². The average molecular weight is 466 g/mol. The molecule has 3 rings (SSSR count). The van der Waals surface area contributed by atoms with Crippen LogP contribution in [0.25, 0.3) is 5.57 Å². The lowest BCUT2D eigenvalue weighted by atomic mass is 9.73. The van der Waals surface area contributed by atoms with Crippen LogP contribution in [0, 0.1) is 11.7 Å². The molecule has 9 heteroatoms. The molecular weight excluding hydrogens is 445 g/mol. The number of rotatable bonds is 6. The summed E-state index contributed by atoms with van der Waals surface area (Å²) in [6.45, 7) is 1.70. The average Bonchev–Trinajstić information content (AvgIpc) is 2.66. The molecule has 0 spiro atoms. The smallest absolute Gasteiger partial charge is 0.317 e. The molecule has 0 saturated heterocycles. The van der Waals surface area contributed by atoms with Crippen LogP contribution >= 0.6 is 11.6 Å². The van der Waals surface area contributed by atoms with Gasteiger partial charge in [0, 0.05) is 22.2 Å². The SMILES string of the molecule is CCOC(=O)[C@@H]1C(=O)C=C(c2cccc(NS(C)(=O)=O)c2)C[C@@H]1c1c(F)cccc1Cl. The van der Waals surface area contributed by atoms with Crippen molar-refractivity contribution in [3.8, 4) is 0 Å². The Kier molecular flexibility index (Phi) is 6.81. The number of hydrogen-bond acceptors (Lipinski definition) is 5. The highest BCUT2D eigenvalue weighted by Crippen LogP contribution is 2.43. The van der Waals surface area contributed by atoms with Gasteiger partial charge >= 0.3 is 5.97 Å². The van der Waals surface area contributed by atoms with Gasteiger partial charge in [-0.25, -0.2) is 12.8 Å². The molecule has 164 valence electrons. The molecule has 0 amide bonds. The van der Waals surface area contributed by atoms with E-state index in [1.165, 1.54) is 24.3 Å². The van der Waals surface area contributed by atoms with E-state index in [0.717, 1.165) is 6.26 Å². The van der Waals surface area contributed by atoms with E-state index in [4.69, 9.17) is 16.3 Å². The lowest BCUT2D eigenvalue weighted by Crippen LogP contribution is -2.34. The minimum absolute atomic E-state index is 0.0755. The second-order valence-electron chi connectivity index (χ2n) is 7.20. The van der Waals surface area contributed by atoms with Gasteiger partial charge in [-0.05, 0) is 54.8 Å². The predicted octanol–water partition coefficient (Wildman–Crippen LogP) is 4.17. The largest absolute Gasteiger partial charge is 0.465 e. The Morgan fingerprint density at radius 2 is 1.97 bits per heavy atom. The summed E-state index contributed by atoms with van der Waals surface area (Å²) in [4.78, 5) is 25.5. The zero-order valence-electron chi connectivity index (χ0n) is 16.9. The van der Waals surface area contributed by atoms with Gasteiger partial charge in [-0.2, -0.15) is 0 Å². The van der Waals surface area contributed by atoms with Crippen LogP contribution in [0.4, 0.5) is 10.1 Å². The predicted molar refractivity (Wildman–Crippen MR) is 117 cm³/mol. The summed E-state index contributed by atoms with van der Waals surface area (Å²) >= 11 is 6.25. The maximum absolute atomic E-state index is 14.7. The van der Waals surface area contributed by atoms with E-state index in [9.17, 15) is 22.4 Å². The molecule has 0 heterocycles. The lowest BCUT2D eigenvalue weighted by molar-refractivity contribution is -0.151. The second-order valence-corrected chi connectivity index (χ2v) is 9.36. The molecule has 0 fully saturated rings. The highest BCUT2D eigenvalue weighted by molar-refractivity contribution is 7.92. The standard InChI is InChI=1S/C22H21ClFNO5S/c1-3-30-22(27)21-16(20-17(23)8-5-9-18(20)24)11-14(12-19(21)26)13-6-4-7-15(10-13)25-31(2,28)29/h4-10,12,16,21,25H,3,11H2,1-2H3/t16-,21+/m1/s1. The van der Waals surface area contributed by atoms with Gasteiger partial charge in [0.05, 0.1) is 12.9 Å². The van der Waals surface area contributed by atoms with Crippen molar-refractivity contribution in [1.29, 1.82) is 0 Å². The Morgan fingerprint density at radius 3 is 2.61 bits per heavy atom. The summed E-state index contributed by atoms with van der Waals surface area (Å²) in [7, 11) is -3.49. The van der Waals surface area contributed by atoms with E-state index in [1.807, 2.05) is 0 Å². The van der Waals surface area contributed by atoms with Gasteiger partial charge < -0.3 is 4.74 Å². The number of anilines is 1. The summed E-state index contributed by atoms with van der Waals surface area (Å²) in [5.74, 6) is -3.97. The van der Waals surface area contributed by atoms with Gasteiger partial charge in [-0.1, -0.05) is 29.8 Å². The van der Waals surface area contributed by atoms with Gasteiger partial charge in [-0.15, -0.1) is 0 Å². The molecule has 0 bridgehead atoms. The maximum atomic E-state index is 14.7. The molecule has 2 aromatic carbocycles. The Bertz CT molecular complexity index is 1140. The van der Waals surface area contributed by atoms with Crippen LogP contribution in [0.1, 0.15) is 30.4 Å². The number of hydrogen-bond donors (Lipinski definition) is 1. The summed E-state index contributed by atoms with van der Waals surface area (Å²) in [5, 5.41) is 0.112. The van der Waals surface area contributed by atoms with Crippen molar-refractivity contribution in [3.63, 3.8) is 0 Å². The van der Waals surface area contributed by atoms with E-state index < -0.39 is 39.4 Å². The third-order valence-corrected chi connectivity index (χ3v) is 5.85. The fourth-order valence-electron chi connectivity index (χ4n) is 3.72. The van der Waals surface area contributed by atoms with Gasteiger partial charge in [-0.3, -0.25) is 14.3 Å². The zero-order chi connectivity index (χ0) is 22.8. The number of allylic oxidation sites excluding steroid dienone is 2. The zero-order valence-corrected chi connectivity index (χ0v) is 18.5. The van der Waals surface area contributed by atoms with E-state index in [0.29, 0.717) is 16.8 Å². The number of sulfonamides is 1. The summed E-state index contributed by atoms with van der Waals surface area (Å²) < 4.78 is 45.3. The number of ether oxygens (including phenoxy) is 1. The number of halogens is 2. The third kappa shape index (κ3) is 5.32. The fraction of sp³-hybridized carbons (Fsp3) is 0.273. The van der Waals surface area contributed by atoms with Crippen molar-refractivity contribution in [3.05, 3.63) is 70.5 Å². The van der Waals surface area contributed by atoms with Crippen LogP contribution in [-0.4, -0.2) is 33.0 Å². The molecule has 2 aromatic rings. The minimum Gasteiger partial charge on any atom is -0.465 e. The van der Waals surface area contributed by atoms with E-state index in [-0.39, 0.29) is 23.6 Å². The van der Waals surface area contributed by atoms with Crippen molar-refractivity contribution in [2.75, 3.05) is 17.6 Å². The van der Waals surface area contributed by atoms with Crippen LogP contribution in [0.2, 0.25) is 5.02 Å². The first-order valence-corrected chi connectivity index (χ1v) is 11.8. The number of benzene rings is 2. The van der Waals surface area contributed by atoms with Crippen LogP contribution in [0.5, 0.6) is 0 Å². The van der Waals surface area contributed by atoms with Crippen molar-refractivity contribution < 1.29 is 27.1 Å². The highest BCUT2D eigenvalue weighted by Gasteiger charge is 2.41. The first kappa shape index (κ1) is 23.0. The quantitative estimate of drug-likeness (QED) is 0.511. The number of esters is 1. The molecule has 31 heavy (non-hydrogen) atoms. The fourth-order valence-corrected chi connectivity index (χ4v) is 4.58. The summed E-state index contributed by atoms with van der Waals surface area (Å²) in [5.41, 5.74) is 1.50. The molecule has 1 aliphatic carbocycles. The topological polar surface area (TPSA) is 89.5 Å².